The van der Waals surface area contributed by atoms with Crippen molar-refractivity contribution in [1.82, 2.24) is 4.98 Å². The molecule has 2 N–H and O–H groups in total. The molecule has 1 rings (SSSR count). The van der Waals surface area contributed by atoms with Crippen molar-refractivity contribution in [3.8, 4) is 0 Å². The molecule has 0 spiro atoms. The van der Waals surface area contributed by atoms with Crippen LogP contribution in [0.2, 0.25) is 0 Å². The van der Waals surface area contributed by atoms with Gasteiger partial charge in [0.15, 0.2) is 0 Å². The SMILES string of the molecule is C=C/C=c1/[nH]cc(CC(=O)O)c1=C. The van der Waals surface area contributed by atoms with Gasteiger partial charge in [0.2, 0.25) is 0 Å². The Hall–Kier alpha value is -1.77. The standard InChI is InChI=1S/C10H11NO2/c1-3-4-9-7(2)8(6-11-9)5-10(12)13/h3-4,6,11H,1-2,5H2,(H,12,13)/b9-4+. The molecule has 3 nitrogen and oxygen atoms in total. The van der Waals surface area contributed by atoms with Crippen molar-refractivity contribution in [2.75, 3.05) is 0 Å². The maximum absolute atomic E-state index is 10.4. The van der Waals surface area contributed by atoms with E-state index in [9.17, 15) is 4.79 Å². The Balaban J connectivity index is 3.14. The van der Waals surface area contributed by atoms with Gasteiger partial charge in [-0.3, -0.25) is 4.79 Å². The Bertz CT molecular complexity index is 428. The van der Waals surface area contributed by atoms with Crippen LogP contribution in [0.15, 0.2) is 18.9 Å². The highest BCUT2D eigenvalue weighted by atomic mass is 16.4. The summed E-state index contributed by atoms with van der Waals surface area (Å²) in [4.78, 5) is 13.3. The van der Waals surface area contributed by atoms with Gasteiger partial charge in [-0.05, 0) is 16.9 Å². The summed E-state index contributed by atoms with van der Waals surface area (Å²) in [6.07, 6.45) is 5.05. The van der Waals surface area contributed by atoms with Crippen molar-refractivity contribution in [1.29, 1.82) is 0 Å². The van der Waals surface area contributed by atoms with E-state index in [0.29, 0.717) is 5.56 Å². The lowest BCUT2D eigenvalue weighted by molar-refractivity contribution is -0.136. The zero-order chi connectivity index (χ0) is 9.84. The first-order valence-electron chi connectivity index (χ1n) is 3.85. The molecular formula is C10H11NO2. The van der Waals surface area contributed by atoms with Crippen LogP contribution in [0.3, 0.4) is 0 Å². The summed E-state index contributed by atoms with van der Waals surface area (Å²) < 4.78 is 0. The zero-order valence-corrected chi connectivity index (χ0v) is 7.21. The van der Waals surface area contributed by atoms with Gasteiger partial charge < -0.3 is 10.1 Å². The Morgan fingerprint density at radius 1 is 1.69 bits per heavy atom. The molecule has 1 aromatic rings. The number of rotatable bonds is 3. The average molecular weight is 177 g/mol. The van der Waals surface area contributed by atoms with Crippen LogP contribution in [0, 0.1) is 0 Å². The van der Waals surface area contributed by atoms with Crippen LogP contribution in [0.4, 0.5) is 0 Å². The summed E-state index contributed by atoms with van der Waals surface area (Å²) in [5, 5.41) is 10.1. The molecule has 1 aromatic heterocycles. The quantitative estimate of drug-likeness (QED) is 0.683. The second-order valence-corrected chi connectivity index (χ2v) is 2.68. The van der Waals surface area contributed by atoms with E-state index >= 15 is 0 Å². The van der Waals surface area contributed by atoms with Gasteiger partial charge in [-0.15, -0.1) is 0 Å². The van der Waals surface area contributed by atoms with E-state index in [-0.39, 0.29) is 6.42 Å². The van der Waals surface area contributed by atoms with E-state index in [1.165, 1.54) is 0 Å². The molecule has 3 heteroatoms. The van der Waals surface area contributed by atoms with Crippen molar-refractivity contribution in [3.05, 3.63) is 35.0 Å². The van der Waals surface area contributed by atoms with Crippen LogP contribution >= 0.6 is 0 Å². The Morgan fingerprint density at radius 2 is 2.38 bits per heavy atom. The van der Waals surface area contributed by atoms with Crippen LogP contribution in [0.1, 0.15) is 5.56 Å². The maximum Gasteiger partial charge on any atom is 0.307 e. The third kappa shape index (κ3) is 2.08. The van der Waals surface area contributed by atoms with E-state index in [4.69, 9.17) is 5.11 Å². The molecule has 0 fully saturated rings. The number of carbonyl (C=O) groups is 1. The first kappa shape index (κ1) is 9.32. The van der Waals surface area contributed by atoms with E-state index < -0.39 is 5.97 Å². The zero-order valence-electron chi connectivity index (χ0n) is 7.21. The number of carboxylic acid groups (broad SMARTS) is 1. The minimum atomic E-state index is -0.853. The molecule has 0 amide bonds. The molecule has 0 aliphatic carbocycles. The van der Waals surface area contributed by atoms with Crippen molar-refractivity contribution in [3.63, 3.8) is 0 Å². The smallest absolute Gasteiger partial charge is 0.307 e. The third-order valence-electron chi connectivity index (χ3n) is 1.74. The van der Waals surface area contributed by atoms with Gasteiger partial charge in [-0.1, -0.05) is 19.2 Å². The van der Waals surface area contributed by atoms with Crippen LogP contribution in [0.25, 0.3) is 12.7 Å². The first-order valence-corrected chi connectivity index (χ1v) is 3.85. The Morgan fingerprint density at radius 3 is 2.92 bits per heavy atom. The molecule has 0 saturated carbocycles. The molecule has 1 heterocycles. The fourth-order valence-electron chi connectivity index (χ4n) is 1.10. The van der Waals surface area contributed by atoms with Crippen molar-refractivity contribution in [2.24, 2.45) is 0 Å². The van der Waals surface area contributed by atoms with Gasteiger partial charge >= 0.3 is 5.97 Å². The number of H-pyrrole nitrogens is 1. The van der Waals surface area contributed by atoms with Crippen LogP contribution in [-0.4, -0.2) is 16.1 Å². The molecule has 13 heavy (non-hydrogen) atoms. The summed E-state index contributed by atoms with van der Waals surface area (Å²) in [6, 6.07) is 0. The fourth-order valence-corrected chi connectivity index (χ4v) is 1.10. The lowest BCUT2D eigenvalue weighted by Gasteiger charge is -1.87. The third-order valence-corrected chi connectivity index (χ3v) is 1.74. The van der Waals surface area contributed by atoms with Crippen LogP contribution < -0.4 is 10.6 Å². The molecule has 0 bridgehead atoms. The molecule has 0 aliphatic heterocycles. The molecule has 68 valence electrons. The summed E-state index contributed by atoms with van der Waals surface area (Å²) in [5.41, 5.74) is 0.709. The number of hydrogen-bond donors (Lipinski definition) is 2. The van der Waals surface area contributed by atoms with Crippen molar-refractivity contribution >= 4 is 18.6 Å². The van der Waals surface area contributed by atoms with E-state index in [2.05, 4.69) is 18.1 Å². The molecular weight excluding hydrogens is 166 g/mol. The predicted octanol–water partition coefficient (Wildman–Crippen LogP) is 0.0186. The minimum Gasteiger partial charge on any atom is -0.481 e. The summed E-state index contributed by atoms with van der Waals surface area (Å²) in [7, 11) is 0. The number of allylic oxidation sites excluding steroid dienone is 1. The molecule has 0 aromatic carbocycles. The number of aromatic nitrogens is 1. The van der Waals surface area contributed by atoms with Crippen molar-refractivity contribution < 1.29 is 9.90 Å². The van der Waals surface area contributed by atoms with Gasteiger partial charge in [-0.2, -0.15) is 0 Å². The van der Waals surface area contributed by atoms with Gasteiger partial charge in [-0.25, -0.2) is 0 Å². The van der Waals surface area contributed by atoms with E-state index in [1.54, 1.807) is 18.3 Å². The molecule has 0 atom stereocenters. The number of carboxylic acids is 1. The summed E-state index contributed by atoms with van der Waals surface area (Å²) >= 11 is 0. The molecule has 0 aliphatic rings. The highest BCUT2D eigenvalue weighted by molar-refractivity contribution is 5.70. The molecule has 0 unspecified atom stereocenters. The minimum absolute atomic E-state index is 0.000314. The first-order chi connectivity index (χ1) is 6.15. The number of aromatic amines is 1. The monoisotopic (exact) mass is 177 g/mol. The predicted molar refractivity (Wildman–Crippen MR) is 51.6 cm³/mol. The fraction of sp³-hybridized carbons (Fsp3) is 0.100. The number of aliphatic carboxylic acids is 1. The summed E-state index contributed by atoms with van der Waals surface area (Å²) in [6.45, 7) is 7.33. The average Bonchev–Trinajstić information content (AvgIpc) is 2.36. The lowest BCUT2D eigenvalue weighted by atomic mass is 10.2. The summed E-state index contributed by atoms with van der Waals surface area (Å²) in [5.74, 6) is -0.853. The Labute approximate surface area is 75.7 Å². The number of nitrogens with one attached hydrogen (secondary N) is 1. The highest BCUT2D eigenvalue weighted by Crippen LogP contribution is 1.87. The normalized spacial score (nSPS) is 11.5. The highest BCUT2D eigenvalue weighted by Gasteiger charge is 2.02. The lowest BCUT2D eigenvalue weighted by Crippen LogP contribution is -2.24. The van der Waals surface area contributed by atoms with E-state index in [1.807, 2.05) is 0 Å². The maximum atomic E-state index is 10.4. The van der Waals surface area contributed by atoms with E-state index in [0.717, 1.165) is 10.6 Å². The topological polar surface area (TPSA) is 53.1 Å². The van der Waals surface area contributed by atoms with Crippen LogP contribution in [-0.2, 0) is 11.2 Å². The molecule has 0 radical (unpaired) electrons. The van der Waals surface area contributed by atoms with Crippen LogP contribution in [0.5, 0.6) is 0 Å². The largest absolute Gasteiger partial charge is 0.481 e. The second kappa shape index (κ2) is 3.76. The van der Waals surface area contributed by atoms with Gasteiger partial charge in [0.1, 0.15) is 0 Å². The van der Waals surface area contributed by atoms with Gasteiger partial charge in [0.05, 0.1) is 6.42 Å². The second-order valence-electron chi connectivity index (χ2n) is 2.68. The number of hydrogen-bond acceptors (Lipinski definition) is 1. The van der Waals surface area contributed by atoms with Crippen molar-refractivity contribution in [2.45, 2.75) is 6.42 Å². The van der Waals surface area contributed by atoms with Gasteiger partial charge in [0.25, 0.3) is 0 Å². The molecule has 0 saturated heterocycles. The van der Waals surface area contributed by atoms with Gasteiger partial charge in [0, 0.05) is 11.5 Å². The Kier molecular flexibility index (Phi) is 2.69.